The Kier molecular flexibility index (Phi) is 2.86. The molecule has 0 N–H and O–H groups in total. The van der Waals surface area contributed by atoms with Gasteiger partial charge in [0.2, 0.25) is 0 Å². The van der Waals surface area contributed by atoms with Crippen LogP contribution < -0.4 is 0 Å². The molecule has 12 heavy (non-hydrogen) atoms. The fourth-order valence-corrected chi connectivity index (χ4v) is 2.73. The van der Waals surface area contributed by atoms with Crippen LogP contribution in [0.25, 0.3) is 0 Å². The molecule has 0 aromatic heterocycles. The van der Waals surface area contributed by atoms with Crippen molar-refractivity contribution in [1.29, 1.82) is 0 Å². The monoisotopic (exact) mass is 164 g/mol. The van der Waals surface area contributed by atoms with Gasteiger partial charge in [0.25, 0.3) is 0 Å². The topological polar surface area (TPSA) is 0 Å². The third kappa shape index (κ3) is 2.12. The lowest BCUT2D eigenvalue weighted by molar-refractivity contribution is 0.326. The summed E-state index contributed by atoms with van der Waals surface area (Å²) in [5.41, 5.74) is 0. The van der Waals surface area contributed by atoms with Gasteiger partial charge in [-0.1, -0.05) is 50.7 Å². The molecule has 0 atom stereocenters. The summed E-state index contributed by atoms with van der Waals surface area (Å²) in [4.78, 5) is 0. The van der Waals surface area contributed by atoms with Gasteiger partial charge in [-0.15, -0.1) is 0 Å². The standard InChI is InChI=1S/C12H20/c1-2-6-12-9-3-7-11(5-1)8-4-10-12/h1-2,11-12H,3-10H2/b2-1-. The first kappa shape index (κ1) is 8.34. The summed E-state index contributed by atoms with van der Waals surface area (Å²) in [5, 5.41) is 0. The number of fused-ring (bicyclic) bond motifs is 6. The number of allylic oxidation sites excluding steroid dienone is 2. The molecule has 1 fully saturated rings. The highest BCUT2D eigenvalue weighted by atomic mass is 14.2. The molecule has 0 saturated heterocycles. The van der Waals surface area contributed by atoms with Crippen molar-refractivity contribution in [2.75, 3.05) is 0 Å². The van der Waals surface area contributed by atoms with E-state index in [0.29, 0.717) is 0 Å². The molecule has 0 heterocycles. The van der Waals surface area contributed by atoms with Crippen LogP contribution in [0.1, 0.15) is 51.4 Å². The Labute approximate surface area is 76.1 Å². The highest BCUT2D eigenvalue weighted by Crippen LogP contribution is 2.31. The molecule has 0 aliphatic heterocycles. The molecule has 3 aliphatic carbocycles. The van der Waals surface area contributed by atoms with Crippen molar-refractivity contribution in [3.05, 3.63) is 12.2 Å². The molecule has 68 valence electrons. The lowest BCUT2D eigenvalue weighted by Gasteiger charge is -2.21. The molecule has 3 rings (SSSR count). The Morgan fingerprint density at radius 2 is 1.08 bits per heavy atom. The van der Waals surface area contributed by atoms with Gasteiger partial charge in [-0.25, -0.2) is 0 Å². The Bertz CT molecular complexity index is 131. The zero-order valence-corrected chi connectivity index (χ0v) is 7.97. The van der Waals surface area contributed by atoms with Crippen LogP contribution in [0.2, 0.25) is 0 Å². The number of hydrogen-bond acceptors (Lipinski definition) is 0. The minimum absolute atomic E-state index is 1.03. The zero-order chi connectivity index (χ0) is 8.23. The largest absolute Gasteiger partial charge is 0.0883 e. The summed E-state index contributed by atoms with van der Waals surface area (Å²) < 4.78 is 0. The fraction of sp³-hybridized carbons (Fsp3) is 0.833. The van der Waals surface area contributed by atoms with E-state index in [2.05, 4.69) is 12.2 Å². The van der Waals surface area contributed by atoms with Crippen molar-refractivity contribution in [2.24, 2.45) is 11.8 Å². The highest BCUT2D eigenvalue weighted by Gasteiger charge is 2.16. The number of hydrogen-bond donors (Lipinski definition) is 0. The van der Waals surface area contributed by atoms with E-state index < -0.39 is 0 Å². The van der Waals surface area contributed by atoms with Crippen LogP contribution in [0.4, 0.5) is 0 Å². The Morgan fingerprint density at radius 3 is 1.50 bits per heavy atom. The third-order valence-electron chi connectivity index (χ3n) is 3.55. The quantitative estimate of drug-likeness (QED) is 0.476. The minimum Gasteiger partial charge on any atom is -0.0883 e. The predicted molar refractivity (Wildman–Crippen MR) is 53.1 cm³/mol. The summed E-state index contributed by atoms with van der Waals surface area (Å²) in [6.07, 6.45) is 16.6. The van der Waals surface area contributed by atoms with Crippen molar-refractivity contribution in [1.82, 2.24) is 0 Å². The van der Waals surface area contributed by atoms with Gasteiger partial charge in [0.15, 0.2) is 0 Å². The van der Waals surface area contributed by atoms with Crippen LogP contribution in [-0.4, -0.2) is 0 Å². The SMILES string of the molecule is C1=C\CC2CCCC(C/1)CCC2. The maximum atomic E-state index is 2.44. The maximum Gasteiger partial charge on any atom is -0.0322 e. The van der Waals surface area contributed by atoms with Crippen molar-refractivity contribution in [3.8, 4) is 0 Å². The van der Waals surface area contributed by atoms with E-state index in [1.54, 1.807) is 0 Å². The molecule has 0 aromatic rings. The zero-order valence-electron chi connectivity index (χ0n) is 7.97. The molecule has 1 saturated carbocycles. The second-order valence-corrected chi connectivity index (χ2v) is 4.54. The van der Waals surface area contributed by atoms with E-state index in [-0.39, 0.29) is 0 Å². The number of rotatable bonds is 0. The lowest BCUT2D eigenvalue weighted by atomic mass is 9.85. The second kappa shape index (κ2) is 4.11. The normalized spacial score (nSPS) is 39.3. The summed E-state index contributed by atoms with van der Waals surface area (Å²) >= 11 is 0. The first-order valence-electron chi connectivity index (χ1n) is 5.60. The molecule has 2 bridgehead atoms. The van der Waals surface area contributed by atoms with Gasteiger partial charge in [0.1, 0.15) is 0 Å². The molecule has 0 aromatic carbocycles. The van der Waals surface area contributed by atoms with Crippen molar-refractivity contribution < 1.29 is 0 Å². The average Bonchev–Trinajstić information content (AvgIpc) is 2.18. The van der Waals surface area contributed by atoms with Crippen LogP contribution in [0.3, 0.4) is 0 Å². The fourth-order valence-electron chi connectivity index (χ4n) is 2.73. The Hall–Kier alpha value is -0.260. The van der Waals surface area contributed by atoms with Crippen LogP contribution in [-0.2, 0) is 0 Å². The van der Waals surface area contributed by atoms with Gasteiger partial charge in [-0.2, -0.15) is 0 Å². The van der Waals surface area contributed by atoms with Crippen LogP contribution in [0.5, 0.6) is 0 Å². The smallest absolute Gasteiger partial charge is 0.0322 e. The third-order valence-corrected chi connectivity index (χ3v) is 3.55. The van der Waals surface area contributed by atoms with E-state index in [1.165, 1.54) is 51.4 Å². The van der Waals surface area contributed by atoms with Gasteiger partial charge < -0.3 is 0 Å². The maximum absolute atomic E-state index is 2.44. The summed E-state index contributed by atoms with van der Waals surface area (Å²) in [5.74, 6) is 2.06. The molecular formula is C12H20. The van der Waals surface area contributed by atoms with Gasteiger partial charge in [-0.05, 0) is 24.7 Å². The molecule has 0 amide bonds. The highest BCUT2D eigenvalue weighted by molar-refractivity contribution is 4.89. The van der Waals surface area contributed by atoms with Gasteiger partial charge in [0.05, 0.1) is 0 Å². The molecule has 0 unspecified atom stereocenters. The van der Waals surface area contributed by atoms with Crippen molar-refractivity contribution in [2.45, 2.75) is 51.4 Å². The first-order valence-corrected chi connectivity index (χ1v) is 5.60. The van der Waals surface area contributed by atoms with Gasteiger partial charge >= 0.3 is 0 Å². The van der Waals surface area contributed by atoms with E-state index in [4.69, 9.17) is 0 Å². The molecular weight excluding hydrogens is 144 g/mol. The van der Waals surface area contributed by atoms with E-state index in [9.17, 15) is 0 Å². The Balaban J connectivity index is 2.03. The molecule has 0 spiro atoms. The van der Waals surface area contributed by atoms with Crippen molar-refractivity contribution in [3.63, 3.8) is 0 Å². The molecule has 0 radical (unpaired) electrons. The molecule has 0 nitrogen and oxygen atoms in total. The van der Waals surface area contributed by atoms with E-state index >= 15 is 0 Å². The Morgan fingerprint density at radius 1 is 0.667 bits per heavy atom. The predicted octanol–water partition coefficient (Wildman–Crippen LogP) is 3.92. The first-order chi connectivity index (χ1) is 5.95. The van der Waals surface area contributed by atoms with Crippen LogP contribution >= 0.6 is 0 Å². The van der Waals surface area contributed by atoms with Crippen LogP contribution in [0.15, 0.2) is 12.2 Å². The van der Waals surface area contributed by atoms with Crippen molar-refractivity contribution >= 4 is 0 Å². The summed E-state index contributed by atoms with van der Waals surface area (Å²) in [7, 11) is 0. The minimum atomic E-state index is 1.03. The lowest BCUT2D eigenvalue weighted by Crippen LogP contribution is -2.07. The van der Waals surface area contributed by atoms with Gasteiger partial charge in [0, 0.05) is 0 Å². The summed E-state index contributed by atoms with van der Waals surface area (Å²) in [6.45, 7) is 0. The molecule has 0 heteroatoms. The van der Waals surface area contributed by atoms with Crippen LogP contribution in [0, 0.1) is 11.8 Å². The van der Waals surface area contributed by atoms with E-state index in [1.807, 2.05) is 0 Å². The van der Waals surface area contributed by atoms with Gasteiger partial charge in [-0.3, -0.25) is 0 Å². The second-order valence-electron chi connectivity index (χ2n) is 4.54. The average molecular weight is 164 g/mol. The molecule has 3 aliphatic rings. The van der Waals surface area contributed by atoms with E-state index in [0.717, 1.165) is 11.8 Å². The summed E-state index contributed by atoms with van der Waals surface area (Å²) in [6, 6.07) is 0.